The van der Waals surface area contributed by atoms with E-state index < -0.39 is 11.7 Å². The number of nitrogens with zero attached hydrogens (tertiary/aromatic N) is 2. The molecule has 19 heavy (non-hydrogen) atoms. The first kappa shape index (κ1) is 14.6. The van der Waals surface area contributed by atoms with E-state index in [9.17, 15) is 13.2 Å². The number of hydrogen-bond donors (Lipinski definition) is 0. The van der Waals surface area contributed by atoms with Crippen LogP contribution in [0.4, 0.5) is 13.2 Å². The van der Waals surface area contributed by atoms with Gasteiger partial charge < -0.3 is 0 Å². The van der Waals surface area contributed by atoms with E-state index in [-0.39, 0.29) is 10.2 Å². The van der Waals surface area contributed by atoms with Gasteiger partial charge in [0.1, 0.15) is 15.2 Å². The van der Waals surface area contributed by atoms with Gasteiger partial charge in [0.15, 0.2) is 0 Å². The van der Waals surface area contributed by atoms with E-state index >= 15 is 0 Å². The van der Waals surface area contributed by atoms with Gasteiger partial charge in [0.25, 0.3) is 0 Å². The molecule has 0 saturated carbocycles. The maximum Gasteiger partial charge on any atom is 0.416 e. The maximum absolute atomic E-state index is 12.6. The molecule has 2 aromatic heterocycles. The average molecular weight is 370 g/mol. The lowest BCUT2D eigenvalue weighted by Crippen LogP contribution is -2.05. The van der Waals surface area contributed by atoms with Gasteiger partial charge in [0.2, 0.25) is 0 Å². The Morgan fingerprint density at radius 3 is 2.47 bits per heavy atom. The lowest BCUT2D eigenvalue weighted by molar-refractivity contribution is -0.137. The molecule has 0 fully saturated rings. The summed E-state index contributed by atoms with van der Waals surface area (Å²) in [5.74, 6) is 0. The first-order chi connectivity index (χ1) is 8.84. The second kappa shape index (κ2) is 5.68. The van der Waals surface area contributed by atoms with Crippen molar-refractivity contribution in [1.82, 2.24) is 9.97 Å². The van der Waals surface area contributed by atoms with Crippen molar-refractivity contribution in [3.63, 3.8) is 0 Å². The van der Waals surface area contributed by atoms with E-state index in [1.165, 1.54) is 0 Å². The third-order valence-electron chi connectivity index (χ3n) is 2.01. The molecule has 0 N–H and O–H groups in total. The molecular formula is C11H5BrClF3N2S. The quantitative estimate of drug-likeness (QED) is 0.692. The van der Waals surface area contributed by atoms with Crippen molar-refractivity contribution in [2.75, 3.05) is 0 Å². The van der Waals surface area contributed by atoms with Crippen molar-refractivity contribution in [3.05, 3.63) is 45.7 Å². The summed E-state index contributed by atoms with van der Waals surface area (Å²) >= 11 is 9.83. The van der Waals surface area contributed by atoms with E-state index in [1.807, 2.05) is 0 Å². The van der Waals surface area contributed by atoms with Gasteiger partial charge in [0, 0.05) is 10.7 Å². The monoisotopic (exact) mass is 368 g/mol. The van der Waals surface area contributed by atoms with Crippen LogP contribution in [0.1, 0.15) is 5.56 Å². The molecule has 0 spiro atoms. The van der Waals surface area contributed by atoms with Crippen LogP contribution in [0.3, 0.4) is 0 Å². The molecule has 100 valence electrons. The Morgan fingerprint density at radius 2 is 1.89 bits per heavy atom. The highest BCUT2D eigenvalue weighted by atomic mass is 79.9. The van der Waals surface area contributed by atoms with Crippen LogP contribution in [0.15, 0.2) is 45.0 Å². The highest BCUT2D eigenvalue weighted by Gasteiger charge is 2.31. The molecular weight excluding hydrogens is 365 g/mol. The van der Waals surface area contributed by atoms with Gasteiger partial charge in [-0.1, -0.05) is 23.4 Å². The number of hydrogen-bond acceptors (Lipinski definition) is 3. The third-order valence-corrected chi connectivity index (χ3v) is 3.54. The summed E-state index contributed by atoms with van der Waals surface area (Å²) in [6, 6.07) is 5.15. The van der Waals surface area contributed by atoms with Gasteiger partial charge >= 0.3 is 6.18 Å². The number of rotatable bonds is 2. The SMILES string of the molecule is FC(F)(F)c1cc(Cl)nc(Sc2ccc(Br)cn2)c1. The molecule has 0 unspecified atom stereocenters. The van der Waals surface area contributed by atoms with Gasteiger partial charge in [-0.05, 0) is 40.2 Å². The van der Waals surface area contributed by atoms with Crippen LogP contribution in [0, 0.1) is 0 Å². The lowest BCUT2D eigenvalue weighted by atomic mass is 10.3. The standard InChI is InChI=1S/C11H5BrClF3N2S/c12-7-1-2-9(17-5-7)19-10-4-6(11(14,15)16)3-8(13)18-10/h1-5H. The van der Waals surface area contributed by atoms with Crippen molar-refractivity contribution >= 4 is 39.3 Å². The molecule has 0 amide bonds. The van der Waals surface area contributed by atoms with Crippen molar-refractivity contribution in [1.29, 1.82) is 0 Å². The van der Waals surface area contributed by atoms with Gasteiger partial charge in [-0.25, -0.2) is 9.97 Å². The van der Waals surface area contributed by atoms with Crippen molar-refractivity contribution in [2.24, 2.45) is 0 Å². The Morgan fingerprint density at radius 1 is 1.16 bits per heavy atom. The highest BCUT2D eigenvalue weighted by Crippen LogP contribution is 2.34. The van der Waals surface area contributed by atoms with E-state index in [4.69, 9.17) is 11.6 Å². The van der Waals surface area contributed by atoms with Crippen LogP contribution in [-0.4, -0.2) is 9.97 Å². The Hall–Kier alpha value is -0.790. The molecule has 0 aliphatic heterocycles. The van der Waals surface area contributed by atoms with Crippen LogP contribution < -0.4 is 0 Å². The normalized spacial score (nSPS) is 11.6. The van der Waals surface area contributed by atoms with Gasteiger partial charge in [-0.2, -0.15) is 13.2 Å². The summed E-state index contributed by atoms with van der Waals surface area (Å²) in [4.78, 5) is 7.89. The van der Waals surface area contributed by atoms with E-state index in [1.54, 1.807) is 18.3 Å². The van der Waals surface area contributed by atoms with Gasteiger partial charge in [0.05, 0.1) is 5.56 Å². The fourth-order valence-electron chi connectivity index (χ4n) is 1.22. The Kier molecular flexibility index (Phi) is 4.37. The molecule has 2 nitrogen and oxygen atoms in total. The smallest absolute Gasteiger partial charge is 0.248 e. The summed E-state index contributed by atoms with van der Waals surface area (Å²) in [7, 11) is 0. The number of aromatic nitrogens is 2. The fraction of sp³-hybridized carbons (Fsp3) is 0.0909. The van der Waals surface area contributed by atoms with Crippen LogP contribution >= 0.6 is 39.3 Å². The zero-order valence-electron chi connectivity index (χ0n) is 9.08. The van der Waals surface area contributed by atoms with Gasteiger partial charge in [-0.3, -0.25) is 0 Å². The van der Waals surface area contributed by atoms with Crippen molar-refractivity contribution in [3.8, 4) is 0 Å². The minimum atomic E-state index is -4.45. The Labute approximate surface area is 124 Å². The summed E-state index contributed by atoms with van der Waals surface area (Å²) in [5.41, 5.74) is -0.827. The Bertz CT molecular complexity index is 589. The van der Waals surface area contributed by atoms with Crippen LogP contribution in [-0.2, 0) is 6.18 Å². The second-order valence-corrected chi connectivity index (χ2v) is 5.77. The first-order valence-electron chi connectivity index (χ1n) is 4.89. The molecule has 2 heterocycles. The second-order valence-electron chi connectivity index (χ2n) is 3.43. The van der Waals surface area contributed by atoms with Crippen molar-refractivity contribution in [2.45, 2.75) is 16.2 Å². The van der Waals surface area contributed by atoms with Gasteiger partial charge in [-0.15, -0.1) is 0 Å². The third kappa shape index (κ3) is 4.09. The van der Waals surface area contributed by atoms with E-state index in [0.717, 1.165) is 28.4 Å². The molecule has 0 aromatic carbocycles. The molecule has 2 aromatic rings. The number of halogens is 5. The molecule has 0 aliphatic rings. The fourth-order valence-corrected chi connectivity index (χ4v) is 2.50. The van der Waals surface area contributed by atoms with Crippen LogP contribution in [0.25, 0.3) is 0 Å². The summed E-state index contributed by atoms with van der Waals surface area (Å²) in [6.45, 7) is 0. The van der Waals surface area contributed by atoms with Crippen molar-refractivity contribution < 1.29 is 13.2 Å². The number of pyridine rings is 2. The van der Waals surface area contributed by atoms with Crippen LogP contribution in [0.5, 0.6) is 0 Å². The first-order valence-corrected chi connectivity index (χ1v) is 6.87. The highest BCUT2D eigenvalue weighted by molar-refractivity contribution is 9.10. The zero-order chi connectivity index (χ0) is 14.0. The average Bonchev–Trinajstić information content (AvgIpc) is 2.30. The maximum atomic E-state index is 12.6. The molecule has 0 radical (unpaired) electrons. The lowest BCUT2D eigenvalue weighted by Gasteiger charge is -2.08. The zero-order valence-corrected chi connectivity index (χ0v) is 12.2. The minimum Gasteiger partial charge on any atom is -0.248 e. The van der Waals surface area contributed by atoms with Crippen LogP contribution in [0.2, 0.25) is 5.15 Å². The minimum absolute atomic E-state index is 0.148. The molecule has 0 bridgehead atoms. The summed E-state index contributed by atoms with van der Waals surface area (Å²) in [5, 5.41) is 0.482. The predicted molar refractivity (Wildman–Crippen MR) is 70.3 cm³/mol. The Balaban J connectivity index is 2.30. The molecule has 8 heteroatoms. The number of alkyl halides is 3. The molecule has 0 saturated heterocycles. The molecule has 0 atom stereocenters. The summed E-state index contributed by atoms with van der Waals surface area (Å²) < 4.78 is 38.7. The van der Waals surface area contributed by atoms with E-state index in [2.05, 4.69) is 25.9 Å². The topological polar surface area (TPSA) is 25.8 Å². The molecule has 2 rings (SSSR count). The predicted octanol–water partition coefficient (Wildman–Crippen LogP) is 5.06. The summed E-state index contributed by atoms with van der Waals surface area (Å²) in [6.07, 6.45) is -2.90. The van der Waals surface area contributed by atoms with E-state index in [0.29, 0.717) is 5.03 Å². The largest absolute Gasteiger partial charge is 0.416 e. The molecule has 0 aliphatic carbocycles.